The van der Waals surface area contributed by atoms with Crippen molar-refractivity contribution in [3.63, 3.8) is 0 Å². The number of aromatic amines is 2. The monoisotopic (exact) mass is 344 g/mol. The molecule has 0 aromatic carbocycles. The molecule has 2 aromatic rings. The van der Waals surface area contributed by atoms with Gasteiger partial charge in [-0.3, -0.25) is 13.9 Å². The number of carbonyl (C=O) groups excluding carboxylic acids is 2. The first-order valence-electron chi connectivity index (χ1n) is 6.35. The van der Waals surface area contributed by atoms with E-state index < -0.39 is 36.0 Å². The highest BCUT2D eigenvalue weighted by Crippen LogP contribution is 2.18. The van der Waals surface area contributed by atoms with E-state index >= 15 is 0 Å². The number of nitrogens with zero attached hydrogens (tertiary/aromatic N) is 2. The lowest BCUT2D eigenvalue weighted by molar-refractivity contribution is -0.144. The smallest absolute Gasteiger partial charge is 0.236 e. The van der Waals surface area contributed by atoms with Gasteiger partial charge in [0.2, 0.25) is 17.7 Å². The van der Waals surface area contributed by atoms with Gasteiger partial charge in [0.1, 0.15) is 24.1 Å². The number of carbonyl (C=O) groups is 2. The van der Waals surface area contributed by atoms with Crippen molar-refractivity contribution in [2.45, 2.75) is 24.4 Å². The van der Waals surface area contributed by atoms with Gasteiger partial charge in [0, 0.05) is 24.8 Å². The molecule has 10 nitrogen and oxygen atoms in total. The molecule has 2 aromatic heterocycles. The summed E-state index contributed by atoms with van der Waals surface area (Å²) in [6.45, 7) is 0. The van der Waals surface area contributed by atoms with E-state index in [9.17, 15) is 24.9 Å². The lowest BCUT2D eigenvalue weighted by Gasteiger charge is -2.22. The maximum Gasteiger partial charge on any atom is 0.236 e. The van der Waals surface area contributed by atoms with Gasteiger partial charge in [0.15, 0.2) is 5.82 Å². The fourth-order valence-corrected chi connectivity index (χ4v) is 2.00. The molecule has 0 aliphatic carbocycles. The van der Waals surface area contributed by atoms with Crippen LogP contribution in [0.3, 0.4) is 0 Å². The first-order chi connectivity index (χ1) is 11.0. The summed E-state index contributed by atoms with van der Waals surface area (Å²) in [7, 11) is 0. The maximum atomic E-state index is 12.1. The van der Waals surface area contributed by atoms with Crippen molar-refractivity contribution < 1.29 is 29.2 Å². The lowest BCUT2D eigenvalue weighted by atomic mass is 9.98. The topological polar surface area (TPSA) is 161 Å². The number of rotatable bonds is 8. The van der Waals surface area contributed by atoms with E-state index in [0.717, 1.165) is 0 Å². The normalized spacial score (nSPS) is 16.5. The number of aliphatic hydroxyl groups is 3. The van der Waals surface area contributed by atoms with Crippen LogP contribution in [0.5, 0.6) is 0 Å². The van der Waals surface area contributed by atoms with Crippen LogP contribution in [-0.2, 0) is 9.08 Å². The zero-order valence-corrected chi connectivity index (χ0v) is 12.2. The number of hydrogen-bond donors (Lipinski definition) is 5. The predicted octanol–water partition coefficient (Wildman–Crippen LogP) is -1.12. The first kappa shape index (κ1) is 17.2. The van der Waals surface area contributed by atoms with Crippen LogP contribution in [0.1, 0.15) is 22.5 Å². The Kier molecular flexibility index (Phi) is 5.58. The van der Waals surface area contributed by atoms with E-state index in [-0.39, 0.29) is 11.6 Å². The molecule has 4 unspecified atom stereocenters. The Hall–Kier alpha value is -2.11. The molecule has 124 valence electrons. The molecular weight excluding hydrogens is 332 g/mol. The highest BCUT2D eigenvalue weighted by Gasteiger charge is 2.40. The first-order valence-corrected chi connectivity index (χ1v) is 6.66. The number of ketones is 2. The lowest BCUT2D eigenvalue weighted by Crippen LogP contribution is -2.46. The van der Waals surface area contributed by atoms with Crippen LogP contribution in [0.4, 0.5) is 0 Å². The third-order valence-corrected chi connectivity index (χ3v) is 3.23. The standard InChI is InChI=1S/C12H13ClN4O6/c13-23-10(9(22)12-16-3-4-17-12)7(20)5(18)6(19)8(21)11-14-1-2-15-11/h1-6,8,10,18-19,21H,(H,14,15)(H,16,17). The van der Waals surface area contributed by atoms with Crippen LogP contribution < -0.4 is 0 Å². The number of nitrogens with one attached hydrogen (secondary N) is 2. The molecule has 23 heavy (non-hydrogen) atoms. The predicted molar refractivity (Wildman–Crippen MR) is 74.2 cm³/mol. The van der Waals surface area contributed by atoms with Crippen LogP contribution in [0.25, 0.3) is 0 Å². The van der Waals surface area contributed by atoms with Gasteiger partial charge in [0.25, 0.3) is 0 Å². The largest absolute Gasteiger partial charge is 0.387 e. The minimum Gasteiger partial charge on any atom is -0.387 e. The van der Waals surface area contributed by atoms with Crippen molar-refractivity contribution in [3.05, 3.63) is 36.4 Å². The summed E-state index contributed by atoms with van der Waals surface area (Å²) in [5, 5.41) is 29.6. The molecule has 4 atom stereocenters. The zero-order chi connectivity index (χ0) is 17.0. The second kappa shape index (κ2) is 7.44. The van der Waals surface area contributed by atoms with Gasteiger partial charge in [-0.15, -0.1) is 0 Å². The summed E-state index contributed by atoms with van der Waals surface area (Å²) >= 11 is 5.14. The van der Waals surface area contributed by atoms with Crippen LogP contribution >= 0.6 is 11.9 Å². The van der Waals surface area contributed by atoms with Gasteiger partial charge in [-0.1, -0.05) is 0 Å². The minimum atomic E-state index is -2.14. The van der Waals surface area contributed by atoms with Crippen molar-refractivity contribution in [2.24, 2.45) is 0 Å². The molecule has 0 bridgehead atoms. The fraction of sp³-hybridized carbons (Fsp3) is 0.333. The summed E-state index contributed by atoms with van der Waals surface area (Å²) in [5.41, 5.74) is 0. The quantitative estimate of drug-likeness (QED) is 0.297. The molecule has 0 saturated heterocycles. The highest BCUT2D eigenvalue weighted by molar-refractivity contribution is 6.17. The number of imidazole rings is 2. The van der Waals surface area contributed by atoms with E-state index in [1.54, 1.807) is 0 Å². The molecule has 2 heterocycles. The van der Waals surface area contributed by atoms with E-state index in [2.05, 4.69) is 24.2 Å². The average Bonchev–Trinajstić information content (AvgIpc) is 3.25. The van der Waals surface area contributed by atoms with Crippen LogP contribution in [0.2, 0.25) is 0 Å². The van der Waals surface area contributed by atoms with Crippen molar-refractivity contribution in [3.8, 4) is 0 Å². The van der Waals surface area contributed by atoms with Gasteiger partial charge in [-0.2, -0.15) is 0 Å². The Morgan fingerprint density at radius 1 is 1.13 bits per heavy atom. The summed E-state index contributed by atoms with van der Waals surface area (Å²) in [5.74, 6) is -2.45. The summed E-state index contributed by atoms with van der Waals surface area (Å²) in [6, 6.07) is 0. The molecule has 0 spiro atoms. The van der Waals surface area contributed by atoms with E-state index in [0.29, 0.717) is 0 Å². The second-order valence-corrected chi connectivity index (χ2v) is 4.71. The number of H-pyrrole nitrogens is 2. The van der Waals surface area contributed by atoms with Gasteiger partial charge in [-0.25, -0.2) is 9.97 Å². The van der Waals surface area contributed by atoms with Crippen molar-refractivity contribution >= 4 is 23.4 Å². The highest BCUT2D eigenvalue weighted by atomic mass is 35.5. The molecule has 0 fully saturated rings. The number of aromatic nitrogens is 4. The van der Waals surface area contributed by atoms with Crippen LogP contribution in [-0.4, -0.2) is 65.1 Å². The van der Waals surface area contributed by atoms with Crippen molar-refractivity contribution in [1.82, 2.24) is 19.9 Å². The molecule has 11 heteroatoms. The van der Waals surface area contributed by atoms with E-state index in [4.69, 9.17) is 11.9 Å². The second-order valence-electron chi connectivity index (χ2n) is 4.53. The Balaban J connectivity index is 2.12. The van der Waals surface area contributed by atoms with Crippen LogP contribution in [0, 0.1) is 0 Å². The van der Waals surface area contributed by atoms with Gasteiger partial charge >= 0.3 is 0 Å². The number of Topliss-reactive ketones (excluding diaryl/α,β-unsaturated/α-hetero) is 2. The Morgan fingerprint density at radius 2 is 1.78 bits per heavy atom. The van der Waals surface area contributed by atoms with Crippen molar-refractivity contribution in [2.75, 3.05) is 0 Å². The summed E-state index contributed by atoms with van der Waals surface area (Å²) < 4.78 is 4.28. The van der Waals surface area contributed by atoms with E-state index in [1.807, 2.05) is 0 Å². The molecule has 0 amide bonds. The van der Waals surface area contributed by atoms with Crippen molar-refractivity contribution in [1.29, 1.82) is 0 Å². The average molecular weight is 345 g/mol. The Bertz CT molecular complexity index is 647. The molecular formula is C12H13ClN4O6. The van der Waals surface area contributed by atoms with Crippen LogP contribution in [0.15, 0.2) is 24.8 Å². The molecule has 0 radical (unpaired) electrons. The van der Waals surface area contributed by atoms with Gasteiger partial charge in [-0.05, 0) is 0 Å². The Morgan fingerprint density at radius 3 is 2.30 bits per heavy atom. The molecule has 0 saturated carbocycles. The fourth-order valence-electron chi connectivity index (χ4n) is 1.83. The summed E-state index contributed by atoms with van der Waals surface area (Å²) in [6.07, 6.45) is -2.38. The minimum absolute atomic E-state index is 0.0648. The zero-order valence-electron chi connectivity index (χ0n) is 11.5. The number of hydrogen-bond acceptors (Lipinski definition) is 8. The molecule has 5 N–H and O–H groups in total. The summed E-state index contributed by atoms with van der Waals surface area (Å²) in [4.78, 5) is 36.4. The van der Waals surface area contributed by atoms with Gasteiger partial charge < -0.3 is 25.3 Å². The Labute approximate surface area is 134 Å². The number of halogens is 1. The third-order valence-electron chi connectivity index (χ3n) is 3.06. The van der Waals surface area contributed by atoms with Gasteiger partial charge in [0.05, 0.1) is 11.9 Å². The molecule has 0 aliphatic heterocycles. The molecule has 2 rings (SSSR count). The third kappa shape index (κ3) is 3.63. The molecule has 0 aliphatic rings. The number of aliphatic hydroxyl groups excluding tert-OH is 3. The SMILES string of the molecule is O=C(c1ncc[nH]1)C(OCl)C(=O)C(O)C(O)C(O)c1ncc[nH]1. The maximum absolute atomic E-state index is 12.1. The van der Waals surface area contributed by atoms with E-state index in [1.165, 1.54) is 24.8 Å².